The highest BCUT2D eigenvalue weighted by Gasteiger charge is 2.14. The van der Waals surface area contributed by atoms with Crippen molar-refractivity contribution in [3.05, 3.63) is 52.0 Å². The van der Waals surface area contributed by atoms with Gasteiger partial charge in [-0.15, -0.1) is 0 Å². The van der Waals surface area contributed by atoms with Gasteiger partial charge in [0.15, 0.2) is 0 Å². The molecule has 0 spiro atoms. The van der Waals surface area contributed by atoms with Gasteiger partial charge >= 0.3 is 0 Å². The number of anilines is 2. The molecule has 0 aliphatic heterocycles. The summed E-state index contributed by atoms with van der Waals surface area (Å²) in [7, 11) is 1.52. The van der Waals surface area contributed by atoms with Crippen LogP contribution in [0, 0.1) is 6.92 Å². The lowest BCUT2D eigenvalue weighted by atomic mass is 10.1. The number of benzene rings is 2. The van der Waals surface area contributed by atoms with Crippen molar-refractivity contribution in [3.8, 4) is 5.75 Å². The quantitative estimate of drug-likeness (QED) is 0.843. The number of nitrogen functional groups attached to an aromatic ring is 1. The van der Waals surface area contributed by atoms with Crippen LogP contribution in [0.4, 0.5) is 11.4 Å². The van der Waals surface area contributed by atoms with Gasteiger partial charge in [0.2, 0.25) is 0 Å². The molecule has 0 heterocycles. The summed E-state index contributed by atoms with van der Waals surface area (Å²) >= 11 is 3.43. The minimum Gasteiger partial charge on any atom is -0.495 e. The molecule has 0 unspecified atom stereocenters. The first kappa shape index (κ1) is 14.4. The van der Waals surface area contributed by atoms with Crippen LogP contribution in [0.15, 0.2) is 40.9 Å². The normalized spacial score (nSPS) is 10.2. The highest BCUT2D eigenvalue weighted by molar-refractivity contribution is 9.10. The van der Waals surface area contributed by atoms with E-state index >= 15 is 0 Å². The molecule has 0 aromatic heterocycles. The third kappa shape index (κ3) is 2.77. The molecule has 0 aliphatic rings. The van der Waals surface area contributed by atoms with E-state index in [0.29, 0.717) is 17.0 Å². The lowest BCUT2D eigenvalue weighted by molar-refractivity contribution is 0.102. The van der Waals surface area contributed by atoms with Crippen LogP contribution >= 0.6 is 15.9 Å². The number of carbonyl (C=O) groups is 1. The highest BCUT2D eigenvalue weighted by atomic mass is 79.9. The van der Waals surface area contributed by atoms with Crippen molar-refractivity contribution in [3.63, 3.8) is 0 Å². The summed E-state index contributed by atoms with van der Waals surface area (Å²) < 4.78 is 6.06. The largest absolute Gasteiger partial charge is 0.495 e. The average Bonchev–Trinajstić information content (AvgIpc) is 2.44. The van der Waals surface area contributed by atoms with E-state index in [1.165, 1.54) is 7.11 Å². The van der Waals surface area contributed by atoms with Crippen LogP contribution in [0.5, 0.6) is 5.75 Å². The summed E-state index contributed by atoms with van der Waals surface area (Å²) in [6, 6.07) is 10.7. The molecule has 0 saturated heterocycles. The van der Waals surface area contributed by atoms with Crippen molar-refractivity contribution in [1.82, 2.24) is 0 Å². The Labute approximate surface area is 126 Å². The van der Waals surface area contributed by atoms with E-state index in [4.69, 9.17) is 10.5 Å². The molecule has 2 aromatic rings. The van der Waals surface area contributed by atoms with Gasteiger partial charge < -0.3 is 15.8 Å². The van der Waals surface area contributed by atoms with Crippen LogP contribution in [-0.4, -0.2) is 13.0 Å². The predicted octanol–water partition coefficient (Wildman–Crippen LogP) is 3.60. The molecule has 0 radical (unpaired) electrons. The van der Waals surface area contributed by atoms with Crippen LogP contribution in [0.25, 0.3) is 0 Å². The number of methoxy groups -OCH3 is 1. The molecule has 1 amide bonds. The third-order valence-corrected chi connectivity index (χ3v) is 3.91. The highest BCUT2D eigenvalue weighted by Crippen LogP contribution is 2.27. The lowest BCUT2D eigenvalue weighted by Gasteiger charge is -2.12. The van der Waals surface area contributed by atoms with Gasteiger partial charge in [-0.1, -0.05) is 28.1 Å². The first-order valence-corrected chi connectivity index (χ1v) is 6.83. The smallest absolute Gasteiger partial charge is 0.257 e. The second-order valence-corrected chi connectivity index (χ2v) is 5.14. The summed E-state index contributed by atoms with van der Waals surface area (Å²) in [6.07, 6.45) is 0. The number of nitrogens with two attached hydrogens (primary N) is 1. The third-order valence-electron chi connectivity index (χ3n) is 3.05. The second kappa shape index (κ2) is 5.96. The molecule has 2 aromatic carbocycles. The molecule has 0 bridgehead atoms. The number of rotatable bonds is 3. The van der Waals surface area contributed by atoms with Gasteiger partial charge in [-0.05, 0) is 36.8 Å². The molecule has 0 fully saturated rings. The van der Waals surface area contributed by atoms with E-state index in [0.717, 1.165) is 15.7 Å². The minimum absolute atomic E-state index is 0.261. The van der Waals surface area contributed by atoms with Gasteiger partial charge in [-0.2, -0.15) is 0 Å². The van der Waals surface area contributed by atoms with E-state index in [2.05, 4.69) is 21.2 Å². The number of hydrogen-bond donors (Lipinski definition) is 2. The van der Waals surface area contributed by atoms with Gasteiger partial charge in [0.25, 0.3) is 5.91 Å². The standard InChI is InChI=1S/C15H15BrN2O2/c1-9-11(16)6-4-7-12(9)18-15(19)10-5-3-8-13(20-2)14(10)17/h3-8H,17H2,1-2H3,(H,18,19). The van der Waals surface area contributed by atoms with Crippen molar-refractivity contribution < 1.29 is 9.53 Å². The Hall–Kier alpha value is -2.01. The summed E-state index contributed by atoms with van der Waals surface area (Å²) in [6.45, 7) is 1.93. The van der Waals surface area contributed by atoms with E-state index in [1.54, 1.807) is 18.2 Å². The Morgan fingerprint density at radius 2 is 1.95 bits per heavy atom. The molecule has 104 valence electrons. The topological polar surface area (TPSA) is 64.3 Å². The van der Waals surface area contributed by atoms with Crippen molar-refractivity contribution >= 4 is 33.2 Å². The lowest BCUT2D eigenvalue weighted by Crippen LogP contribution is -2.15. The van der Waals surface area contributed by atoms with E-state index in [-0.39, 0.29) is 5.91 Å². The van der Waals surface area contributed by atoms with Gasteiger partial charge in [-0.3, -0.25) is 4.79 Å². The number of amides is 1. The fraction of sp³-hybridized carbons (Fsp3) is 0.133. The van der Waals surface area contributed by atoms with Crippen LogP contribution in [0.3, 0.4) is 0 Å². The number of hydrogen-bond acceptors (Lipinski definition) is 3. The zero-order valence-electron chi connectivity index (χ0n) is 11.2. The maximum atomic E-state index is 12.3. The first-order valence-electron chi connectivity index (χ1n) is 6.03. The molecule has 0 atom stereocenters. The van der Waals surface area contributed by atoms with Crippen LogP contribution in [0.1, 0.15) is 15.9 Å². The number of para-hydroxylation sites is 1. The fourth-order valence-electron chi connectivity index (χ4n) is 1.85. The molecule has 0 aliphatic carbocycles. The molecular weight excluding hydrogens is 320 g/mol. The summed E-state index contributed by atoms with van der Waals surface area (Å²) in [5, 5.41) is 2.85. The zero-order chi connectivity index (χ0) is 14.7. The van der Waals surface area contributed by atoms with Crippen molar-refractivity contribution in [2.45, 2.75) is 6.92 Å². The van der Waals surface area contributed by atoms with Crippen LogP contribution < -0.4 is 15.8 Å². The summed E-state index contributed by atoms with van der Waals surface area (Å²) in [5.74, 6) is 0.228. The average molecular weight is 335 g/mol. The van der Waals surface area contributed by atoms with E-state index < -0.39 is 0 Å². The van der Waals surface area contributed by atoms with Crippen molar-refractivity contribution in [2.75, 3.05) is 18.2 Å². The Morgan fingerprint density at radius 3 is 2.65 bits per heavy atom. The van der Waals surface area contributed by atoms with Crippen molar-refractivity contribution in [1.29, 1.82) is 0 Å². The molecule has 3 N–H and O–H groups in total. The number of halogens is 1. The molecule has 2 rings (SSSR count). The van der Waals surface area contributed by atoms with Gasteiger partial charge in [-0.25, -0.2) is 0 Å². The molecule has 20 heavy (non-hydrogen) atoms. The number of ether oxygens (including phenoxy) is 1. The fourth-order valence-corrected chi connectivity index (χ4v) is 2.22. The predicted molar refractivity (Wildman–Crippen MR) is 84.2 cm³/mol. The molecule has 5 heteroatoms. The Morgan fingerprint density at radius 1 is 1.25 bits per heavy atom. The van der Waals surface area contributed by atoms with E-state index in [1.807, 2.05) is 25.1 Å². The summed E-state index contributed by atoms with van der Waals surface area (Å²) in [4.78, 5) is 12.3. The Bertz CT molecular complexity index is 656. The van der Waals surface area contributed by atoms with Crippen LogP contribution in [-0.2, 0) is 0 Å². The molecule has 4 nitrogen and oxygen atoms in total. The van der Waals surface area contributed by atoms with Gasteiger partial charge in [0.05, 0.1) is 18.4 Å². The molecule has 0 saturated carbocycles. The van der Waals surface area contributed by atoms with Crippen molar-refractivity contribution in [2.24, 2.45) is 0 Å². The zero-order valence-corrected chi connectivity index (χ0v) is 12.8. The monoisotopic (exact) mass is 334 g/mol. The minimum atomic E-state index is -0.261. The maximum Gasteiger partial charge on any atom is 0.257 e. The Kier molecular flexibility index (Phi) is 4.29. The maximum absolute atomic E-state index is 12.3. The van der Waals surface area contributed by atoms with Crippen LogP contribution in [0.2, 0.25) is 0 Å². The van der Waals surface area contributed by atoms with Gasteiger partial charge in [0.1, 0.15) is 5.75 Å². The number of carbonyl (C=O) groups excluding carboxylic acids is 1. The van der Waals surface area contributed by atoms with E-state index in [9.17, 15) is 4.79 Å². The summed E-state index contributed by atoms with van der Waals surface area (Å²) in [5.41, 5.74) is 8.35. The SMILES string of the molecule is COc1cccc(C(=O)Nc2cccc(Br)c2C)c1N. The Balaban J connectivity index is 2.31. The van der Waals surface area contributed by atoms with Gasteiger partial charge in [0, 0.05) is 10.2 Å². The second-order valence-electron chi connectivity index (χ2n) is 4.29. The first-order chi connectivity index (χ1) is 9.54. The molecular formula is C15H15BrN2O2. The number of nitrogens with one attached hydrogen (secondary N) is 1.